The third-order valence-electron chi connectivity index (χ3n) is 1.77. The van der Waals surface area contributed by atoms with Crippen LogP contribution in [0.1, 0.15) is 12.8 Å². The fraction of sp³-hybridized carbons (Fsp3) is 0.300. The predicted octanol–water partition coefficient (Wildman–Crippen LogP) is 2.96. The molecule has 15 heavy (non-hydrogen) atoms. The predicted molar refractivity (Wildman–Crippen MR) is 64.8 cm³/mol. The molecule has 0 amide bonds. The molecule has 0 unspecified atom stereocenters. The summed E-state index contributed by atoms with van der Waals surface area (Å²) in [5.41, 5.74) is 5.35. The summed E-state index contributed by atoms with van der Waals surface area (Å²) < 4.78 is 0. The average Bonchev–Trinajstić information content (AvgIpc) is 2.24. The summed E-state index contributed by atoms with van der Waals surface area (Å²) in [5, 5.41) is 12.0. The van der Waals surface area contributed by atoms with Crippen molar-refractivity contribution in [3.63, 3.8) is 0 Å². The number of nitrogens with two attached hydrogens (primary N) is 1. The van der Waals surface area contributed by atoms with E-state index in [1.165, 1.54) is 0 Å². The van der Waals surface area contributed by atoms with E-state index in [9.17, 15) is 0 Å². The zero-order valence-electron chi connectivity index (χ0n) is 8.19. The fourth-order valence-corrected chi connectivity index (χ4v) is 2.21. The first kappa shape index (κ1) is 12.2. The number of hydrogen-bond acceptors (Lipinski definition) is 3. The standard InChI is InChI=1S/C10H13ClN2OS/c11-8-3-1-4-9(7-8)15-6-2-5-10(12)13-14/h1,3-4,7,14H,2,5-6H2,(H2,12,13). The number of nitrogens with zero attached hydrogens (tertiary/aromatic N) is 1. The van der Waals surface area contributed by atoms with Crippen LogP contribution in [-0.2, 0) is 0 Å². The van der Waals surface area contributed by atoms with E-state index in [0.29, 0.717) is 6.42 Å². The molecule has 1 rings (SSSR count). The largest absolute Gasteiger partial charge is 0.409 e. The Kier molecular flexibility index (Phi) is 5.36. The van der Waals surface area contributed by atoms with Crippen LogP contribution >= 0.6 is 23.4 Å². The molecule has 0 spiro atoms. The molecule has 0 saturated heterocycles. The minimum absolute atomic E-state index is 0.279. The summed E-state index contributed by atoms with van der Waals surface area (Å²) in [6.45, 7) is 0. The molecule has 0 heterocycles. The summed E-state index contributed by atoms with van der Waals surface area (Å²) in [7, 11) is 0. The fourth-order valence-electron chi connectivity index (χ4n) is 1.05. The molecule has 1 aromatic carbocycles. The summed E-state index contributed by atoms with van der Waals surface area (Å²) >= 11 is 7.56. The first-order valence-corrected chi connectivity index (χ1v) is 5.93. The normalized spacial score (nSPS) is 11.7. The smallest absolute Gasteiger partial charge is 0.139 e. The Morgan fingerprint density at radius 2 is 2.33 bits per heavy atom. The van der Waals surface area contributed by atoms with E-state index in [1.807, 2.05) is 24.3 Å². The van der Waals surface area contributed by atoms with Gasteiger partial charge in [0.25, 0.3) is 0 Å². The highest BCUT2D eigenvalue weighted by atomic mass is 35.5. The van der Waals surface area contributed by atoms with Crippen molar-refractivity contribution in [3.05, 3.63) is 29.3 Å². The molecule has 0 aliphatic heterocycles. The number of amidine groups is 1. The summed E-state index contributed by atoms with van der Waals surface area (Å²) in [6, 6.07) is 7.71. The second-order valence-electron chi connectivity index (χ2n) is 3.00. The SMILES string of the molecule is NC(CCCSc1cccc(Cl)c1)=NO. The number of hydrogen-bond donors (Lipinski definition) is 2. The van der Waals surface area contributed by atoms with Gasteiger partial charge in [-0.1, -0.05) is 22.8 Å². The Morgan fingerprint density at radius 3 is 3.00 bits per heavy atom. The maximum Gasteiger partial charge on any atom is 0.139 e. The van der Waals surface area contributed by atoms with E-state index >= 15 is 0 Å². The quantitative estimate of drug-likeness (QED) is 0.209. The molecule has 0 radical (unpaired) electrons. The van der Waals surface area contributed by atoms with Crippen molar-refractivity contribution in [2.24, 2.45) is 10.9 Å². The molecule has 3 nitrogen and oxygen atoms in total. The van der Waals surface area contributed by atoms with E-state index in [4.69, 9.17) is 22.5 Å². The van der Waals surface area contributed by atoms with Crippen LogP contribution in [0.3, 0.4) is 0 Å². The monoisotopic (exact) mass is 244 g/mol. The average molecular weight is 245 g/mol. The molecule has 0 aliphatic rings. The van der Waals surface area contributed by atoms with Gasteiger partial charge in [0.2, 0.25) is 0 Å². The van der Waals surface area contributed by atoms with Crippen molar-refractivity contribution in [1.82, 2.24) is 0 Å². The van der Waals surface area contributed by atoms with Gasteiger partial charge in [0, 0.05) is 16.3 Å². The summed E-state index contributed by atoms with van der Waals surface area (Å²) in [4.78, 5) is 1.14. The number of thioether (sulfide) groups is 1. The van der Waals surface area contributed by atoms with Gasteiger partial charge in [-0.3, -0.25) is 0 Å². The molecule has 0 fully saturated rings. The molecule has 3 N–H and O–H groups in total. The van der Waals surface area contributed by atoms with Crippen LogP contribution in [-0.4, -0.2) is 16.8 Å². The molecule has 1 aromatic rings. The van der Waals surface area contributed by atoms with Crippen LogP contribution in [0.5, 0.6) is 0 Å². The Bertz CT molecular complexity index is 344. The second-order valence-corrected chi connectivity index (χ2v) is 4.61. The zero-order chi connectivity index (χ0) is 11.1. The summed E-state index contributed by atoms with van der Waals surface area (Å²) in [5.74, 6) is 1.21. The van der Waals surface area contributed by atoms with E-state index in [0.717, 1.165) is 22.1 Å². The molecular formula is C10H13ClN2OS. The molecule has 0 atom stereocenters. The second kappa shape index (κ2) is 6.58. The van der Waals surface area contributed by atoms with Gasteiger partial charge in [0.05, 0.1) is 0 Å². The van der Waals surface area contributed by atoms with E-state index < -0.39 is 0 Å². The number of benzene rings is 1. The lowest BCUT2D eigenvalue weighted by molar-refractivity contribution is 0.317. The maximum absolute atomic E-state index is 8.33. The van der Waals surface area contributed by atoms with E-state index in [-0.39, 0.29) is 5.84 Å². The lowest BCUT2D eigenvalue weighted by atomic mass is 10.3. The van der Waals surface area contributed by atoms with Crippen LogP contribution < -0.4 is 5.73 Å². The van der Waals surface area contributed by atoms with E-state index in [2.05, 4.69) is 5.16 Å². The van der Waals surface area contributed by atoms with Crippen molar-refractivity contribution < 1.29 is 5.21 Å². The Hall–Kier alpha value is -0.870. The highest BCUT2D eigenvalue weighted by Gasteiger charge is 1.97. The molecule has 0 bridgehead atoms. The zero-order valence-corrected chi connectivity index (χ0v) is 9.76. The summed E-state index contributed by atoms with van der Waals surface area (Å²) in [6.07, 6.45) is 1.50. The van der Waals surface area contributed by atoms with Gasteiger partial charge in [0.15, 0.2) is 0 Å². The lowest BCUT2D eigenvalue weighted by Gasteiger charge is -2.01. The molecule has 0 aromatic heterocycles. The van der Waals surface area contributed by atoms with Crippen molar-refractivity contribution in [3.8, 4) is 0 Å². The van der Waals surface area contributed by atoms with Gasteiger partial charge in [-0.25, -0.2) is 0 Å². The molecule has 0 saturated carbocycles. The molecular weight excluding hydrogens is 232 g/mol. The number of oxime groups is 1. The number of halogens is 1. The Balaban J connectivity index is 2.26. The van der Waals surface area contributed by atoms with Gasteiger partial charge in [-0.05, 0) is 30.4 Å². The highest BCUT2D eigenvalue weighted by Crippen LogP contribution is 2.22. The van der Waals surface area contributed by atoms with Gasteiger partial charge >= 0.3 is 0 Å². The Labute approximate surface area is 98.3 Å². The first-order chi connectivity index (χ1) is 7.22. The van der Waals surface area contributed by atoms with Gasteiger partial charge in [-0.15, -0.1) is 11.8 Å². The van der Waals surface area contributed by atoms with Crippen LogP contribution in [0.25, 0.3) is 0 Å². The van der Waals surface area contributed by atoms with Crippen LogP contribution in [0.4, 0.5) is 0 Å². The highest BCUT2D eigenvalue weighted by molar-refractivity contribution is 7.99. The van der Waals surface area contributed by atoms with Crippen molar-refractivity contribution in [2.75, 3.05) is 5.75 Å². The minimum atomic E-state index is 0.279. The number of rotatable bonds is 5. The van der Waals surface area contributed by atoms with Crippen molar-refractivity contribution in [1.29, 1.82) is 0 Å². The van der Waals surface area contributed by atoms with Gasteiger partial charge in [0.1, 0.15) is 5.84 Å². The van der Waals surface area contributed by atoms with Crippen LogP contribution in [0.15, 0.2) is 34.3 Å². The maximum atomic E-state index is 8.33. The topological polar surface area (TPSA) is 58.6 Å². The molecule has 0 aliphatic carbocycles. The minimum Gasteiger partial charge on any atom is -0.409 e. The third kappa shape index (κ3) is 4.95. The van der Waals surface area contributed by atoms with Gasteiger partial charge < -0.3 is 10.9 Å². The lowest BCUT2D eigenvalue weighted by Crippen LogP contribution is -2.11. The molecule has 82 valence electrons. The molecule has 5 heteroatoms. The van der Waals surface area contributed by atoms with Gasteiger partial charge in [-0.2, -0.15) is 0 Å². The third-order valence-corrected chi connectivity index (χ3v) is 3.09. The van der Waals surface area contributed by atoms with Crippen LogP contribution in [0.2, 0.25) is 5.02 Å². The van der Waals surface area contributed by atoms with Crippen LogP contribution in [0, 0.1) is 0 Å². The first-order valence-electron chi connectivity index (χ1n) is 4.57. The Morgan fingerprint density at radius 1 is 1.53 bits per heavy atom. The van der Waals surface area contributed by atoms with Crippen molar-refractivity contribution in [2.45, 2.75) is 17.7 Å². The van der Waals surface area contributed by atoms with Crippen molar-refractivity contribution >= 4 is 29.2 Å². The van der Waals surface area contributed by atoms with E-state index in [1.54, 1.807) is 11.8 Å².